The molecule has 9 heteroatoms. The van der Waals surface area contributed by atoms with Gasteiger partial charge in [-0.2, -0.15) is 13.2 Å². The number of carbonyl (C=O) groups excluding carboxylic acids is 1. The number of aromatic nitrogens is 1. The normalized spacial score (nSPS) is 21.6. The van der Waals surface area contributed by atoms with Gasteiger partial charge in [0.15, 0.2) is 0 Å². The molecule has 0 aliphatic carbocycles. The van der Waals surface area contributed by atoms with Crippen molar-refractivity contribution in [1.82, 2.24) is 14.4 Å². The van der Waals surface area contributed by atoms with Gasteiger partial charge >= 0.3 is 6.18 Å². The zero-order valence-corrected chi connectivity index (χ0v) is 19.5. The van der Waals surface area contributed by atoms with Crippen molar-refractivity contribution in [3.63, 3.8) is 0 Å². The Morgan fingerprint density at radius 2 is 1.71 bits per heavy atom. The summed E-state index contributed by atoms with van der Waals surface area (Å²) < 4.78 is 39.6. The fraction of sp³-hybridized carbons (Fsp3) is 0.520. The average molecular weight is 477 g/mol. The molecule has 2 aliphatic heterocycles. The summed E-state index contributed by atoms with van der Waals surface area (Å²) in [6.45, 7) is 5.41. The van der Waals surface area contributed by atoms with E-state index in [0.29, 0.717) is 35.1 Å². The molecule has 3 heterocycles. The Labute approximate surface area is 197 Å². The predicted molar refractivity (Wildman–Crippen MR) is 124 cm³/mol. The molecule has 0 bridgehead atoms. The van der Waals surface area contributed by atoms with Gasteiger partial charge in [-0.3, -0.25) is 9.59 Å². The molecule has 2 saturated heterocycles. The minimum absolute atomic E-state index is 0.0157. The summed E-state index contributed by atoms with van der Waals surface area (Å²) in [6.07, 6.45) is -3.69. The first-order chi connectivity index (χ1) is 16.0. The van der Waals surface area contributed by atoms with Crippen molar-refractivity contribution in [2.24, 2.45) is 17.6 Å². The monoisotopic (exact) mass is 476 g/mol. The van der Waals surface area contributed by atoms with Gasteiger partial charge in [0.2, 0.25) is 0 Å². The summed E-state index contributed by atoms with van der Waals surface area (Å²) in [6, 6.07) is 11.1. The lowest BCUT2D eigenvalue weighted by Gasteiger charge is -2.24. The summed E-state index contributed by atoms with van der Waals surface area (Å²) in [5.74, 6) is 0.371. The lowest BCUT2D eigenvalue weighted by Crippen LogP contribution is -2.37. The Kier molecular flexibility index (Phi) is 6.87. The number of carbonyl (C=O) groups is 1. The number of nitrogens with two attached hydrogens (primary N) is 1. The van der Waals surface area contributed by atoms with Crippen LogP contribution in [0.4, 0.5) is 13.2 Å². The highest BCUT2D eigenvalue weighted by atomic mass is 19.4. The van der Waals surface area contributed by atoms with Gasteiger partial charge in [-0.25, -0.2) is 0 Å². The number of alkyl halides is 3. The summed E-state index contributed by atoms with van der Waals surface area (Å²) >= 11 is 0. The van der Waals surface area contributed by atoms with Crippen molar-refractivity contribution in [2.75, 3.05) is 32.7 Å². The molecular formula is C25H31F3N4O2. The molecule has 2 fully saturated rings. The van der Waals surface area contributed by atoms with Crippen LogP contribution in [0.1, 0.15) is 39.6 Å². The molecule has 0 spiro atoms. The van der Waals surface area contributed by atoms with E-state index < -0.39 is 18.3 Å². The van der Waals surface area contributed by atoms with Crippen LogP contribution in [0, 0.1) is 25.7 Å². The van der Waals surface area contributed by atoms with E-state index in [1.807, 2.05) is 30.3 Å². The number of pyridine rings is 1. The Balaban J connectivity index is 1.38. The molecule has 2 N–H and O–H groups in total. The molecule has 34 heavy (non-hydrogen) atoms. The molecule has 2 unspecified atom stereocenters. The van der Waals surface area contributed by atoms with Crippen LogP contribution in [0.25, 0.3) is 0 Å². The molecule has 1 aromatic carbocycles. The quantitative estimate of drug-likeness (QED) is 0.696. The van der Waals surface area contributed by atoms with Crippen molar-refractivity contribution in [2.45, 2.75) is 39.0 Å². The van der Waals surface area contributed by atoms with Crippen LogP contribution in [0.15, 0.2) is 41.2 Å². The maximum atomic E-state index is 13.3. The van der Waals surface area contributed by atoms with E-state index in [2.05, 4.69) is 4.90 Å². The minimum atomic E-state index is -4.54. The molecule has 2 aromatic rings. The van der Waals surface area contributed by atoms with Gasteiger partial charge in [-0.05, 0) is 49.8 Å². The molecule has 0 radical (unpaired) electrons. The van der Waals surface area contributed by atoms with Crippen LogP contribution >= 0.6 is 0 Å². The third-order valence-corrected chi connectivity index (χ3v) is 7.15. The van der Waals surface area contributed by atoms with E-state index >= 15 is 0 Å². The second-order valence-corrected chi connectivity index (χ2v) is 9.62. The number of benzene rings is 1. The molecule has 6 nitrogen and oxygen atoms in total. The molecule has 1 amide bonds. The molecule has 2 aliphatic rings. The van der Waals surface area contributed by atoms with Crippen LogP contribution < -0.4 is 11.3 Å². The SMILES string of the molecule is Cc1cc(=O)n(CC(F)(F)F)c(C)c1C(=O)N1CC2CN(CC[C@H](N)c3ccccc3)CC2C1. The van der Waals surface area contributed by atoms with Gasteiger partial charge in [-0.15, -0.1) is 0 Å². The number of amides is 1. The molecule has 1 aromatic heterocycles. The molecular weight excluding hydrogens is 445 g/mol. The third-order valence-electron chi connectivity index (χ3n) is 7.15. The fourth-order valence-electron chi connectivity index (χ4n) is 5.41. The van der Waals surface area contributed by atoms with Crippen LogP contribution in [0.2, 0.25) is 0 Å². The van der Waals surface area contributed by atoms with Crippen molar-refractivity contribution in [3.05, 3.63) is 69.1 Å². The van der Waals surface area contributed by atoms with Crippen LogP contribution in [0.5, 0.6) is 0 Å². The number of nitrogens with zero attached hydrogens (tertiary/aromatic N) is 3. The van der Waals surface area contributed by atoms with E-state index in [1.165, 1.54) is 6.92 Å². The first-order valence-corrected chi connectivity index (χ1v) is 11.6. The van der Waals surface area contributed by atoms with Gasteiger partial charge in [-0.1, -0.05) is 30.3 Å². The van der Waals surface area contributed by atoms with E-state index in [-0.39, 0.29) is 23.2 Å². The second kappa shape index (κ2) is 9.54. The number of rotatable bonds is 6. The fourth-order valence-corrected chi connectivity index (χ4v) is 5.41. The summed E-state index contributed by atoms with van der Waals surface area (Å²) in [5.41, 5.74) is 7.40. The van der Waals surface area contributed by atoms with Crippen LogP contribution in [0.3, 0.4) is 0 Å². The molecule has 184 valence electrons. The lowest BCUT2D eigenvalue weighted by molar-refractivity contribution is -0.141. The zero-order valence-electron chi connectivity index (χ0n) is 19.5. The van der Waals surface area contributed by atoms with Crippen LogP contribution in [-0.2, 0) is 6.54 Å². The number of likely N-dealkylation sites (tertiary alicyclic amines) is 2. The topological polar surface area (TPSA) is 71.6 Å². The van der Waals surface area contributed by atoms with E-state index in [1.54, 1.807) is 11.8 Å². The number of halogens is 3. The largest absolute Gasteiger partial charge is 0.406 e. The van der Waals surface area contributed by atoms with Gasteiger partial charge in [0.25, 0.3) is 11.5 Å². The number of hydrogen-bond donors (Lipinski definition) is 1. The van der Waals surface area contributed by atoms with Gasteiger partial charge in [0, 0.05) is 44.0 Å². The van der Waals surface area contributed by atoms with Gasteiger partial charge in [0.1, 0.15) is 6.54 Å². The van der Waals surface area contributed by atoms with Gasteiger partial charge in [0.05, 0.1) is 5.56 Å². The summed E-state index contributed by atoms with van der Waals surface area (Å²) in [4.78, 5) is 29.6. The highest BCUT2D eigenvalue weighted by Crippen LogP contribution is 2.33. The molecule has 4 rings (SSSR count). The Hall–Kier alpha value is -2.65. The standard InChI is InChI=1S/C25H31F3N4O2/c1-16-10-22(33)32(15-25(26,27)28)17(2)23(16)24(34)31-13-19-11-30(12-20(19)14-31)9-8-21(29)18-6-4-3-5-7-18/h3-7,10,19-21H,8-9,11-15,29H2,1-2H3/t19?,20?,21-/m0/s1. The smallest absolute Gasteiger partial charge is 0.338 e. The average Bonchev–Trinajstić information content (AvgIpc) is 3.34. The number of fused-ring (bicyclic) bond motifs is 1. The molecule has 3 atom stereocenters. The lowest BCUT2D eigenvalue weighted by atomic mass is 10.0. The highest BCUT2D eigenvalue weighted by Gasteiger charge is 2.42. The van der Waals surface area contributed by atoms with Crippen molar-refractivity contribution in [3.8, 4) is 0 Å². The van der Waals surface area contributed by atoms with Gasteiger partial charge < -0.3 is 20.1 Å². The maximum absolute atomic E-state index is 13.3. The Bertz CT molecular complexity index is 1090. The maximum Gasteiger partial charge on any atom is 0.406 e. The predicted octanol–water partition coefficient (Wildman–Crippen LogP) is 3.12. The summed E-state index contributed by atoms with van der Waals surface area (Å²) in [7, 11) is 0. The number of aryl methyl sites for hydroxylation is 1. The Morgan fingerprint density at radius 1 is 1.09 bits per heavy atom. The van der Waals surface area contributed by atoms with E-state index in [9.17, 15) is 22.8 Å². The molecule has 0 saturated carbocycles. The van der Waals surface area contributed by atoms with Crippen LogP contribution in [-0.4, -0.2) is 59.2 Å². The highest BCUT2D eigenvalue weighted by molar-refractivity contribution is 5.96. The van der Waals surface area contributed by atoms with Crippen molar-refractivity contribution >= 4 is 5.91 Å². The van der Waals surface area contributed by atoms with E-state index in [4.69, 9.17) is 5.73 Å². The minimum Gasteiger partial charge on any atom is -0.338 e. The third kappa shape index (κ3) is 5.20. The zero-order chi connectivity index (χ0) is 24.6. The second-order valence-electron chi connectivity index (χ2n) is 9.62. The van der Waals surface area contributed by atoms with E-state index in [0.717, 1.165) is 37.7 Å². The Morgan fingerprint density at radius 3 is 2.29 bits per heavy atom. The first kappa shape index (κ1) is 24.5. The van der Waals surface area contributed by atoms with Crippen molar-refractivity contribution in [1.29, 1.82) is 0 Å². The number of hydrogen-bond acceptors (Lipinski definition) is 4. The van der Waals surface area contributed by atoms with Crippen molar-refractivity contribution < 1.29 is 18.0 Å². The summed E-state index contributed by atoms with van der Waals surface area (Å²) in [5, 5.41) is 0. The first-order valence-electron chi connectivity index (χ1n) is 11.6.